The van der Waals surface area contributed by atoms with Gasteiger partial charge in [0.2, 0.25) is 0 Å². The van der Waals surface area contributed by atoms with E-state index in [0.29, 0.717) is 12.2 Å². The van der Waals surface area contributed by atoms with Gasteiger partial charge in [0.05, 0.1) is 5.69 Å². The number of aliphatic hydroxyl groups is 1. The molecule has 1 atom stereocenters. The molecule has 0 saturated heterocycles. The zero-order valence-corrected chi connectivity index (χ0v) is 13.1. The zero-order chi connectivity index (χ0) is 15.5. The highest BCUT2D eigenvalue weighted by molar-refractivity contribution is 5.61. The minimum absolute atomic E-state index is 0.220. The van der Waals surface area contributed by atoms with Crippen molar-refractivity contribution in [1.29, 1.82) is 0 Å². The number of rotatable bonds is 4. The average Bonchev–Trinajstić information content (AvgIpc) is 2.82. The molecule has 5 rings (SSSR count). The van der Waals surface area contributed by atoms with Crippen molar-refractivity contribution in [2.45, 2.75) is 51.2 Å². The van der Waals surface area contributed by atoms with Crippen molar-refractivity contribution >= 4 is 5.82 Å². The number of pyridine rings is 1. The summed E-state index contributed by atoms with van der Waals surface area (Å²) in [4.78, 5) is 8.96. The van der Waals surface area contributed by atoms with Crippen molar-refractivity contribution in [3.05, 3.63) is 29.8 Å². The van der Waals surface area contributed by atoms with Gasteiger partial charge in [0.1, 0.15) is 17.7 Å². The number of aryl methyl sites for hydroxylation is 1. The van der Waals surface area contributed by atoms with Gasteiger partial charge in [-0.15, -0.1) is 0 Å². The van der Waals surface area contributed by atoms with Gasteiger partial charge in [-0.1, -0.05) is 6.92 Å². The Morgan fingerprint density at radius 2 is 2.18 bits per heavy atom. The van der Waals surface area contributed by atoms with Crippen LogP contribution < -0.4 is 5.73 Å². The molecule has 3 fully saturated rings. The lowest BCUT2D eigenvalue weighted by atomic mass is 9.49. The first-order valence-electron chi connectivity index (χ1n) is 8.03. The molecule has 116 valence electrons. The van der Waals surface area contributed by atoms with Crippen LogP contribution in [0.2, 0.25) is 0 Å². The van der Waals surface area contributed by atoms with Crippen LogP contribution in [0, 0.1) is 12.8 Å². The minimum atomic E-state index is -0.509. The van der Waals surface area contributed by atoms with E-state index in [2.05, 4.69) is 15.7 Å². The summed E-state index contributed by atoms with van der Waals surface area (Å²) < 4.78 is 2.24. The third kappa shape index (κ3) is 1.81. The Morgan fingerprint density at radius 3 is 2.73 bits per heavy atom. The van der Waals surface area contributed by atoms with Crippen molar-refractivity contribution in [1.82, 2.24) is 14.5 Å². The highest BCUT2D eigenvalue weighted by Crippen LogP contribution is 2.63. The summed E-state index contributed by atoms with van der Waals surface area (Å²) in [6, 6.07) is 2.01. The molecule has 5 heteroatoms. The fraction of sp³-hybridized carbons (Fsp3) is 0.529. The van der Waals surface area contributed by atoms with Crippen LogP contribution in [0.3, 0.4) is 0 Å². The Kier molecular flexibility index (Phi) is 2.85. The molecule has 2 heterocycles. The number of aliphatic hydroxyl groups excluding tert-OH is 1. The number of nitrogens with zero attached hydrogens (tertiary/aromatic N) is 3. The van der Waals surface area contributed by atoms with Gasteiger partial charge >= 0.3 is 0 Å². The predicted octanol–water partition coefficient (Wildman–Crippen LogP) is 2.79. The van der Waals surface area contributed by atoms with E-state index in [1.54, 1.807) is 6.20 Å². The van der Waals surface area contributed by atoms with Crippen LogP contribution in [0.5, 0.6) is 0 Å². The Bertz CT molecular complexity index is 719. The number of aromatic nitrogens is 3. The molecule has 2 aromatic rings. The smallest absolute Gasteiger partial charge is 0.138 e. The minimum Gasteiger partial charge on any atom is -0.385 e. The fourth-order valence-electron chi connectivity index (χ4n) is 3.78. The van der Waals surface area contributed by atoms with E-state index < -0.39 is 6.10 Å². The number of hydrogen-bond acceptors (Lipinski definition) is 4. The lowest BCUT2D eigenvalue weighted by Crippen LogP contribution is -2.59. The lowest BCUT2D eigenvalue weighted by molar-refractivity contribution is -0.0939. The monoisotopic (exact) mass is 298 g/mol. The van der Waals surface area contributed by atoms with Gasteiger partial charge in [-0.25, -0.2) is 9.97 Å². The maximum Gasteiger partial charge on any atom is 0.138 e. The van der Waals surface area contributed by atoms with E-state index in [0.717, 1.165) is 28.6 Å². The van der Waals surface area contributed by atoms with Crippen LogP contribution >= 0.6 is 0 Å². The van der Waals surface area contributed by atoms with Crippen LogP contribution in [0.15, 0.2) is 18.5 Å². The van der Waals surface area contributed by atoms with Gasteiger partial charge in [-0.2, -0.15) is 0 Å². The third-order valence-electron chi connectivity index (χ3n) is 5.35. The summed E-state index contributed by atoms with van der Waals surface area (Å²) in [5, 5.41) is 10.4. The van der Waals surface area contributed by atoms with E-state index in [-0.39, 0.29) is 5.54 Å². The topological polar surface area (TPSA) is 77.0 Å². The lowest BCUT2D eigenvalue weighted by Gasteiger charge is -2.62. The quantitative estimate of drug-likeness (QED) is 0.910. The van der Waals surface area contributed by atoms with Crippen molar-refractivity contribution in [3.63, 3.8) is 0 Å². The van der Waals surface area contributed by atoms with Gasteiger partial charge in [0, 0.05) is 23.5 Å². The maximum atomic E-state index is 10.4. The summed E-state index contributed by atoms with van der Waals surface area (Å²) in [7, 11) is 0. The van der Waals surface area contributed by atoms with Crippen LogP contribution in [0.25, 0.3) is 11.3 Å². The Labute approximate surface area is 130 Å². The molecule has 3 saturated carbocycles. The molecular formula is C17H22N4O. The van der Waals surface area contributed by atoms with Gasteiger partial charge in [0.15, 0.2) is 0 Å². The van der Waals surface area contributed by atoms with Crippen LogP contribution in [0.1, 0.15) is 50.1 Å². The van der Waals surface area contributed by atoms with Crippen molar-refractivity contribution in [3.8, 4) is 11.3 Å². The largest absolute Gasteiger partial charge is 0.385 e. The highest BCUT2D eigenvalue weighted by Gasteiger charge is 2.58. The number of imidazole rings is 1. The molecule has 0 aromatic carbocycles. The molecule has 3 N–H and O–H groups in total. The predicted molar refractivity (Wildman–Crippen MR) is 85.2 cm³/mol. The fourth-order valence-corrected chi connectivity index (χ4v) is 3.78. The van der Waals surface area contributed by atoms with E-state index >= 15 is 0 Å². The van der Waals surface area contributed by atoms with E-state index in [1.165, 1.54) is 19.3 Å². The summed E-state index contributed by atoms with van der Waals surface area (Å²) in [6.07, 6.45) is 7.71. The standard InChI is InChI=1S/C17H22N4O/c1-3-14(22)16-20-13(12-4-10(2)15(18)19-8-12)9-21(16)17-5-11(6-17)7-17/h4,8-9,11,14,22H,3,5-7H2,1-2H3,(H2,18,19). The first-order chi connectivity index (χ1) is 10.5. The molecule has 1 unspecified atom stereocenters. The first-order valence-corrected chi connectivity index (χ1v) is 8.03. The second kappa shape index (κ2) is 4.56. The van der Waals surface area contributed by atoms with Gasteiger partial charge < -0.3 is 15.4 Å². The molecule has 2 bridgehead atoms. The number of hydrogen-bond donors (Lipinski definition) is 2. The molecule has 3 aliphatic rings. The molecule has 0 aliphatic heterocycles. The molecule has 2 aromatic heterocycles. The maximum absolute atomic E-state index is 10.4. The Hall–Kier alpha value is -1.88. The Morgan fingerprint density at radius 1 is 1.45 bits per heavy atom. The zero-order valence-electron chi connectivity index (χ0n) is 13.1. The number of anilines is 1. The van der Waals surface area contributed by atoms with Gasteiger partial charge in [0.25, 0.3) is 0 Å². The van der Waals surface area contributed by atoms with Gasteiger partial charge in [-0.05, 0) is 50.2 Å². The summed E-state index contributed by atoms with van der Waals surface area (Å²) >= 11 is 0. The van der Waals surface area contributed by atoms with E-state index in [4.69, 9.17) is 10.7 Å². The molecule has 0 spiro atoms. The summed E-state index contributed by atoms with van der Waals surface area (Å²) in [6.45, 7) is 3.94. The van der Waals surface area contributed by atoms with Crippen LogP contribution in [0.4, 0.5) is 5.82 Å². The van der Waals surface area contributed by atoms with Crippen molar-refractivity contribution in [2.75, 3.05) is 5.73 Å². The SMILES string of the molecule is CCC(O)c1nc(-c2cnc(N)c(C)c2)cn1C12CC(C1)C2. The molecule has 0 radical (unpaired) electrons. The summed E-state index contributed by atoms with van der Waals surface area (Å²) in [5.41, 5.74) is 8.81. The summed E-state index contributed by atoms with van der Waals surface area (Å²) in [5.74, 6) is 2.24. The second-order valence-electron chi connectivity index (χ2n) is 6.91. The highest BCUT2D eigenvalue weighted by atomic mass is 16.3. The van der Waals surface area contributed by atoms with Gasteiger partial charge in [-0.3, -0.25) is 0 Å². The van der Waals surface area contributed by atoms with Crippen molar-refractivity contribution < 1.29 is 5.11 Å². The molecule has 3 aliphatic carbocycles. The average molecular weight is 298 g/mol. The number of nitrogen functional groups attached to an aromatic ring is 1. The van der Waals surface area contributed by atoms with E-state index in [9.17, 15) is 5.11 Å². The van der Waals surface area contributed by atoms with Crippen LogP contribution in [-0.2, 0) is 5.54 Å². The first kappa shape index (κ1) is 13.8. The second-order valence-corrected chi connectivity index (χ2v) is 6.91. The van der Waals surface area contributed by atoms with E-state index in [1.807, 2.05) is 19.9 Å². The molecular weight excluding hydrogens is 276 g/mol. The van der Waals surface area contributed by atoms with Crippen LogP contribution in [-0.4, -0.2) is 19.6 Å². The molecule has 0 amide bonds. The molecule has 22 heavy (non-hydrogen) atoms. The third-order valence-corrected chi connectivity index (χ3v) is 5.35. The number of nitrogens with two attached hydrogens (primary N) is 1. The molecule has 5 nitrogen and oxygen atoms in total. The van der Waals surface area contributed by atoms with Crippen molar-refractivity contribution in [2.24, 2.45) is 5.92 Å². The normalized spacial score (nSPS) is 27.1. The Balaban J connectivity index is 1.78.